The maximum atomic E-state index is 12.8. The summed E-state index contributed by atoms with van der Waals surface area (Å²) in [6.07, 6.45) is 2.42. The summed E-state index contributed by atoms with van der Waals surface area (Å²) < 4.78 is 7.12. The van der Waals surface area contributed by atoms with Crippen molar-refractivity contribution >= 4 is 28.6 Å². The van der Waals surface area contributed by atoms with E-state index in [-0.39, 0.29) is 24.5 Å². The number of aromatic nitrogens is 3. The molecule has 3 rings (SSSR count). The molecule has 0 saturated heterocycles. The first-order valence-electron chi connectivity index (χ1n) is 10.2. The highest BCUT2D eigenvalue weighted by Gasteiger charge is 2.20. The van der Waals surface area contributed by atoms with Crippen molar-refractivity contribution in [2.75, 3.05) is 11.9 Å². The normalized spacial score (nSPS) is 11.3. The van der Waals surface area contributed by atoms with Crippen LogP contribution in [0.15, 0.2) is 36.5 Å². The van der Waals surface area contributed by atoms with E-state index in [1.165, 1.54) is 0 Å². The first kappa shape index (κ1) is 21.5. The number of carbonyl (C=O) groups is 2. The minimum Gasteiger partial charge on any atom is -0.452 e. The molecule has 7 heteroatoms. The van der Waals surface area contributed by atoms with Crippen LogP contribution in [0.2, 0.25) is 0 Å². The third-order valence-corrected chi connectivity index (χ3v) is 4.89. The van der Waals surface area contributed by atoms with Crippen LogP contribution in [0.1, 0.15) is 68.2 Å². The lowest BCUT2D eigenvalue weighted by atomic mass is 10.1. The van der Waals surface area contributed by atoms with Gasteiger partial charge in [0.25, 0.3) is 5.91 Å². The molecule has 0 aliphatic rings. The van der Waals surface area contributed by atoms with Crippen LogP contribution in [-0.2, 0) is 16.0 Å². The Kier molecular flexibility index (Phi) is 6.50. The fourth-order valence-corrected chi connectivity index (χ4v) is 3.23. The fraction of sp³-hybridized carbons (Fsp3) is 0.391. The minimum absolute atomic E-state index is 0.102. The standard InChI is InChI=1S/C23H28N4O3/c1-6-16-9-7-8-10-19(16)25-21(28)13-30-23(29)17-11-20(14(2)3)26-22-18(17)12-24-27(22)15(4)5/h7-12,14-15H,6,13H2,1-5H3,(H,25,28). The molecule has 0 spiro atoms. The van der Waals surface area contributed by atoms with Crippen LogP contribution < -0.4 is 5.32 Å². The lowest BCUT2D eigenvalue weighted by Gasteiger charge is -2.12. The smallest absolute Gasteiger partial charge is 0.339 e. The van der Waals surface area contributed by atoms with E-state index in [0.29, 0.717) is 16.6 Å². The van der Waals surface area contributed by atoms with Gasteiger partial charge in [0, 0.05) is 17.4 Å². The molecule has 0 fully saturated rings. The van der Waals surface area contributed by atoms with Gasteiger partial charge in [-0.25, -0.2) is 14.5 Å². The SMILES string of the molecule is CCc1ccccc1NC(=O)COC(=O)c1cc(C(C)C)nc2c1cnn2C(C)C. The molecule has 1 amide bonds. The summed E-state index contributed by atoms with van der Waals surface area (Å²) in [4.78, 5) is 29.8. The van der Waals surface area contributed by atoms with E-state index in [0.717, 1.165) is 23.4 Å². The lowest BCUT2D eigenvalue weighted by Crippen LogP contribution is -2.21. The minimum atomic E-state index is -0.563. The number of benzene rings is 1. The van der Waals surface area contributed by atoms with Gasteiger partial charge in [-0.1, -0.05) is 39.0 Å². The summed E-state index contributed by atoms with van der Waals surface area (Å²) in [7, 11) is 0. The first-order chi connectivity index (χ1) is 14.3. The number of para-hydroxylation sites is 1. The highest BCUT2D eigenvalue weighted by molar-refractivity contribution is 6.04. The van der Waals surface area contributed by atoms with Gasteiger partial charge in [0.2, 0.25) is 0 Å². The second-order valence-electron chi connectivity index (χ2n) is 7.80. The molecule has 0 saturated carbocycles. The monoisotopic (exact) mass is 408 g/mol. The molecule has 0 radical (unpaired) electrons. The topological polar surface area (TPSA) is 86.1 Å². The summed E-state index contributed by atoms with van der Waals surface area (Å²) in [5.41, 5.74) is 3.54. The van der Waals surface area contributed by atoms with E-state index in [9.17, 15) is 9.59 Å². The number of ether oxygens (including phenoxy) is 1. The van der Waals surface area contributed by atoms with E-state index < -0.39 is 5.97 Å². The van der Waals surface area contributed by atoms with Crippen molar-refractivity contribution in [3.63, 3.8) is 0 Å². The third kappa shape index (κ3) is 4.50. The van der Waals surface area contributed by atoms with Crippen molar-refractivity contribution in [1.29, 1.82) is 0 Å². The van der Waals surface area contributed by atoms with Crippen LogP contribution in [0.25, 0.3) is 11.0 Å². The van der Waals surface area contributed by atoms with Gasteiger partial charge >= 0.3 is 5.97 Å². The fourth-order valence-electron chi connectivity index (χ4n) is 3.23. The molecular weight excluding hydrogens is 380 g/mol. The van der Waals surface area contributed by atoms with Crippen LogP contribution in [0.5, 0.6) is 0 Å². The molecule has 0 bridgehead atoms. The Morgan fingerprint density at radius 1 is 1.17 bits per heavy atom. The zero-order chi connectivity index (χ0) is 21.8. The summed E-state index contributed by atoms with van der Waals surface area (Å²) in [6, 6.07) is 9.40. The number of anilines is 1. The number of nitrogens with one attached hydrogen (secondary N) is 1. The molecular formula is C23H28N4O3. The van der Waals surface area contributed by atoms with Crippen LogP contribution in [0, 0.1) is 0 Å². The molecule has 158 valence electrons. The van der Waals surface area contributed by atoms with Crippen molar-refractivity contribution in [2.45, 2.75) is 53.0 Å². The maximum Gasteiger partial charge on any atom is 0.339 e. The van der Waals surface area contributed by atoms with Crippen LogP contribution in [0.3, 0.4) is 0 Å². The quantitative estimate of drug-likeness (QED) is 0.582. The zero-order valence-corrected chi connectivity index (χ0v) is 18.1. The first-order valence-corrected chi connectivity index (χ1v) is 10.2. The molecule has 7 nitrogen and oxygen atoms in total. The Morgan fingerprint density at radius 2 is 1.90 bits per heavy atom. The number of pyridine rings is 1. The number of carbonyl (C=O) groups excluding carboxylic acids is 2. The van der Waals surface area contributed by atoms with Crippen LogP contribution in [0.4, 0.5) is 5.69 Å². The Balaban J connectivity index is 1.80. The van der Waals surface area contributed by atoms with Crippen molar-refractivity contribution in [2.24, 2.45) is 0 Å². The van der Waals surface area contributed by atoms with Gasteiger partial charge in [-0.2, -0.15) is 5.10 Å². The van der Waals surface area contributed by atoms with Crippen LogP contribution in [-0.4, -0.2) is 33.2 Å². The lowest BCUT2D eigenvalue weighted by molar-refractivity contribution is -0.119. The van der Waals surface area contributed by atoms with Gasteiger partial charge < -0.3 is 10.1 Å². The number of amides is 1. The van der Waals surface area contributed by atoms with Crippen molar-refractivity contribution in [3.8, 4) is 0 Å². The predicted octanol–water partition coefficient (Wildman–Crippen LogP) is 4.49. The molecule has 3 aromatic rings. The van der Waals surface area contributed by atoms with Gasteiger partial charge in [0.05, 0.1) is 17.1 Å². The number of hydrogen-bond donors (Lipinski definition) is 1. The van der Waals surface area contributed by atoms with Crippen LogP contribution >= 0.6 is 0 Å². The second-order valence-corrected chi connectivity index (χ2v) is 7.80. The Bertz CT molecular complexity index is 1070. The predicted molar refractivity (Wildman–Crippen MR) is 117 cm³/mol. The molecule has 1 aromatic carbocycles. The van der Waals surface area contributed by atoms with Gasteiger partial charge in [0.1, 0.15) is 0 Å². The Labute approximate surface area is 176 Å². The molecule has 2 heterocycles. The number of aryl methyl sites for hydroxylation is 1. The van der Waals surface area contributed by atoms with Crippen molar-refractivity contribution < 1.29 is 14.3 Å². The molecule has 0 aliphatic carbocycles. The molecule has 0 unspecified atom stereocenters. The highest BCUT2D eigenvalue weighted by atomic mass is 16.5. The average molecular weight is 409 g/mol. The number of esters is 1. The summed E-state index contributed by atoms with van der Waals surface area (Å²) in [5.74, 6) is -0.812. The van der Waals surface area contributed by atoms with E-state index in [1.807, 2.05) is 58.9 Å². The highest BCUT2D eigenvalue weighted by Crippen LogP contribution is 2.25. The Morgan fingerprint density at radius 3 is 2.57 bits per heavy atom. The van der Waals surface area contributed by atoms with Gasteiger partial charge in [-0.15, -0.1) is 0 Å². The van der Waals surface area contributed by atoms with E-state index in [4.69, 9.17) is 4.74 Å². The van der Waals surface area contributed by atoms with E-state index in [1.54, 1.807) is 16.9 Å². The average Bonchev–Trinajstić information content (AvgIpc) is 3.16. The number of fused-ring (bicyclic) bond motifs is 1. The van der Waals surface area contributed by atoms with E-state index >= 15 is 0 Å². The van der Waals surface area contributed by atoms with Gasteiger partial charge in [-0.3, -0.25) is 4.79 Å². The third-order valence-electron chi connectivity index (χ3n) is 4.89. The largest absolute Gasteiger partial charge is 0.452 e. The number of rotatable bonds is 7. The Hall–Kier alpha value is -3.22. The number of nitrogens with zero attached hydrogens (tertiary/aromatic N) is 3. The maximum absolute atomic E-state index is 12.8. The molecule has 0 atom stereocenters. The van der Waals surface area contributed by atoms with Crippen molar-refractivity contribution in [1.82, 2.24) is 14.8 Å². The summed E-state index contributed by atoms with van der Waals surface area (Å²) in [5, 5.41) is 7.80. The summed E-state index contributed by atoms with van der Waals surface area (Å²) >= 11 is 0. The zero-order valence-electron chi connectivity index (χ0n) is 18.1. The molecule has 30 heavy (non-hydrogen) atoms. The second kappa shape index (κ2) is 9.07. The van der Waals surface area contributed by atoms with Gasteiger partial charge in [-0.05, 0) is 43.9 Å². The number of hydrogen-bond acceptors (Lipinski definition) is 5. The van der Waals surface area contributed by atoms with Gasteiger partial charge in [0.15, 0.2) is 12.3 Å². The summed E-state index contributed by atoms with van der Waals surface area (Å²) in [6.45, 7) is 9.69. The molecule has 1 N–H and O–H groups in total. The molecule has 2 aromatic heterocycles. The molecule has 0 aliphatic heterocycles. The van der Waals surface area contributed by atoms with E-state index in [2.05, 4.69) is 15.4 Å². The van der Waals surface area contributed by atoms with Crippen molar-refractivity contribution in [3.05, 3.63) is 53.3 Å².